The monoisotopic (exact) mass is 322 g/mol. The van der Waals surface area contributed by atoms with Crippen molar-refractivity contribution in [3.05, 3.63) is 76.3 Å². The highest BCUT2D eigenvalue weighted by molar-refractivity contribution is 7.13. The Morgan fingerprint density at radius 1 is 1.09 bits per heavy atom. The quantitative estimate of drug-likeness (QED) is 0.775. The number of benzene rings is 2. The summed E-state index contributed by atoms with van der Waals surface area (Å²) in [5, 5.41) is 6.02. The van der Waals surface area contributed by atoms with Gasteiger partial charge in [-0.3, -0.25) is 4.79 Å². The predicted octanol–water partition coefficient (Wildman–Crippen LogP) is 4.36. The van der Waals surface area contributed by atoms with Crippen molar-refractivity contribution in [2.45, 2.75) is 20.4 Å². The van der Waals surface area contributed by atoms with Crippen LogP contribution >= 0.6 is 11.3 Å². The topological polar surface area (TPSA) is 42.0 Å². The molecule has 0 aliphatic heterocycles. The first-order valence-corrected chi connectivity index (χ1v) is 8.37. The molecule has 0 spiro atoms. The first kappa shape index (κ1) is 15.4. The molecule has 0 atom stereocenters. The summed E-state index contributed by atoms with van der Waals surface area (Å²) in [6, 6.07) is 15.6. The number of rotatable bonds is 4. The smallest absolute Gasteiger partial charge is 0.251 e. The molecular formula is C19H18N2OS. The average molecular weight is 322 g/mol. The van der Waals surface area contributed by atoms with Crippen molar-refractivity contribution in [2.75, 3.05) is 0 Å². The lowest BCUT2D eigenvalue weighted by atomic mass is 10.1. The van der Waals surface area contributed by atoms with Gasteiger partial charge in [-0.25, -0.2) is 4.98 Å². The molecule has 1 amide bonds. The lowest BCUT2D eigenvalue weighted by Crippen LogP contribution is -2.23. The van der Waals surface area contributed by atoms with E-state index in [4.69, 9.17) is 0 Å². The van der Waals surface area contributed by atoms with Gasteiger partial charge in [0.15, 0.2) is 0 Å². The first-order chi connectivity index (χ1) is 11.1. The van der Waals surface area contributed by atoms with E-state index in [0.717, 1.165) is 27.4 Å². The molecule has 3 aromatic rings. The van der Waals surface area contributed by atoms with Gasteiger partial charge in [-0.2, -0.15) is 0 Å². The Kier molecular flexibility index (Phi) is 4.53. The van der Waals surface area contributed by atoms with Crippen molar-refractivity contribution in [2.24, 2.45) is 0 Å². The summed E-state index contributed by atoms with van der Waals surface area (Å²) in [6.07, 6.45) is 0. The minimum Gasteiger partial charge on any atom is -0.348 e. The van der Waals surface area contributed by atoms with Gasteiger partial charge in [-0.1, -0.05) is 42.0 Å². The lowest BCUT2D eigenvalue weighted by Gasteiger charge is -2.09. The molecule has 23 heavy (non-hydrogen) atoms. The van der Waals surface area contributed by atoms with Crippen LogP contribution in [-0.4, -0.2) is 10.9 Å². The van der Waals surface area contributed by atoms with Gasteiger partial charge in [0.1, 0.15) is 5.01 Å². The minimum atomic E-state index is -0.0601. The van der Waals surface area contributed by atoms with Crippen LogP contribution in [0.5, 0.6) is 0 Å². The van der Waals surface area contributed by atoms with Gasteiger partial charge < -0.3 is 5.32 Å². The molecular weight excluding hydrogens is 304 g/mol. The summed E-state index contributed by atoms with van der Waals surface area (Å²) in [5.74, 6) is -0.0601. The first-order valence-electron chi connectivity index (χ1n) is 7.49. The molecule has 3 rings (SSSR count). The van der Waals surface area contributed by atoms with Crippen LogP contribution in [0.2, 0.25) is 0 Å². The fourth-order valence-electron chi connectivity index (χ4n) is 2.34. The predicted molar refractivity (Wildman–Crippen MR) is 94.6 cm³/mol. The highest BCUT2D eigenvalue weighted by Crippen LogP contribution is 2.26. The number of hydrogen-bond donors (Lipinski definition) is 1. The summed E-state index contributed by atoms with van der Waals surface area (Å²) < 4.78 is 0. The molecule has 0 saturated carbocycles. The Morgan fingerprint density at radius 2 is 1.83 bits per heavy atom. The van der Waals surface area contributed by atoms with Crippen LogP contribution in [0.1, 0.15) is 27.2 Å². The van der Waals surface area contributed by atoms with Gasteiger partial charge >= 0.3 is 0 Å². The number of aryl methyl sites for hydroxylation is 2. The van der Waals surface area contributed by atoms with Gasteiger partial charge in [0, 0.05) is 28.7 Å². The molecule has 2 aromatic carbocycles. The molecule has 1 aromatic heterocycles. The molecule has 0 fully saturated rings. The van der Waals surface area contributed by atoms with E-state index in [1.807, 2.05) is 67.8 Å². The zero-order valence-electron chi connectivity index (χ0n) is 13.2. The molecule has 3 nitrogen and oxygen atoms in total. The second-order valence-corrected chi connectivity index (χ2v) is 6.36. The maximum atomic E-state index is 12.3. The Labute approximate surface area is 140 Å². The van der Waals surface area contributed by atoms with E-state index >= 15 is 0 Å². The number of aromatic nitrogens is 1. The number of amides is 1. The van der Waals surface area contributed by atoms with Crippen molar-refractivity contribution < 1.29 is 4.79 Å². The maximum Gasteiger partial charge on any atom is 0.251 e. The summed E-state index contributed by atoms with van der Waals surface area (Å²) in [7, 11) is 0. The molecule has 0 aliphatic carbocycles. The Morgan fingerprint density at radius 3 is 2.52 bits per heavy atom. The van der Waals surface area contributed by atoms with Crippen LogP contribution in [0.15, 0.2) is 53.9 Å². The van der Waals surface area contributed by atoms with Crippen LogP contribution in [0.4, 0.5) is 0 Å². The number of carbonyl (C=O) groups is 1. The molecule has 0 aliphatic rings. The SMILES string of the molecule is Cc1ccc(C(=O)NCc2ccccc2-c2nc(C)cs2)cc1. The average Bonchev–Trinajstić information content (AvgIpc) is 3.00. The molecule has 4 heteroatoms. The van der Waals surface area contributed by atoms with E-state index in [1.165, 1.54) is 0 Å². The van der Waals surface area contributed by atoms with E-state index in [9.17, 15) is 4.79 Å². The van der Waals surface area contributed by atoms with Gasteiger partial charge in [0.25, 0.3) is 5.91 Å². The molecule has 116 valence electrons. The second kappa shape index (κ2) is 6.75. The minimum absolute atomic E-state index is 0.0601. The third-order valence-electron chi connectivity index (χ3n) is 3.62. The van der Waals surface area contributed by atoms with E-state index in [-0.39, 0.29) is 5.91 Å². The molecule has 0 bridgehead atoms. The van der Waals surface area contributed by atoms with E-state index in [1.54, 1.807) is 11.3 Å². The highest BCUT2D eigenvalue weighted by Gasteiger charge is 2.10. The summed E-state index contributed by atoms with van der Waals surface area (Å²) >= 11 is 1.63. The van der Waals surface area contributed by atoms with Crippen LogP contribution in [-0.2, 0) is 6.54 Å². The van der Waals surface area contributed by atoms with Crippen molar-refractivity contribution in [1.29, 1.82) is 0 Å². The van der Waals surface area contributed by atoms with Crippen LogP contribution in [0.25, 0.3) is 10.6 Å². The Hall–Kier alpha value is -2.46. The summed E-state index contributed by atoms with van der Waals surface area (Å²) in [4.78, 5) is 16.8. The fourth-order valence-corrected chi connectivity index (χ4v) is 3.20. The molecule has 1 heterocycles. The van der Waals surface area contributed by atoms with Gasteiger partial charge in [-0.15, -0.1) is 11.3 Å². The largest absolute Gasteiger partial charge is 0.348 e. The lowest BCUT2D eigenvalue weighted by molar-refractivity contribution is 0.0951. The number of nitrogens with one attached hydrogen (secondary N) is 1. The van der Waals surface area contributed by atoms with Crippen molar-refractivity contribution in [3.63, 3.8) is 0 Å². The number of carbonyl (C=O) groups excluding carboxylic acids is 1. The van der Waals surface area contributed by atoms with E-state index in [0.29, 0.717) is 12.1 Å². The molecule has 1 N–H and O–H groups in total. The maximum absolute atomic E-state index is 12.3. The van der Waals surface area contributed by atoms with Crippen LogP contribution in [0, 0.1) is 13.8 Å². The molecule has 0 unspecified atom stereocenters. The van der Waals surface area contributed by atoms with Crippen LogP contribution < -0.4 is 5.32 Å². The van der Waals surface area contributed by atoms with Gasteiger partial charge in [-0.05, 0) is 31.5 Å². The van der Waals surface area contributed by atoms with E-state index < -0.39 is 0 Å². The Bertz CT molecular complexity index is 821. The standard InChI is InChI=1S/C19H18N2OS/c1-13-7-9-15(10-8-13)18(22)20-11-16-5-3-4-6-17(16)19-21-14(2)12-23-19/h3-10,12H,11H2,1-2H3,(H,20,22). The summed E-state index contributed by atoms with van der Waals surface area (Å²) in [6.45, 7) is 4.48. The summed E-state index contributed by atoms with van der Waals surface area (Å²) in [5.41, 5.74) is 4.99. The number of thiazole rings is 1. The fraction of sp³-hybridized carbons (Fsp3) is 0.158. The zero-order valence-corrected chi connectivity index (χ0v) is 14.0. The highest BCUT2D eigenvalue weighted by atomic mass is 32.1. The normalized spacial score (nSPS) is 10.5. The third kappa shape index (κ3) is 3.66. The van der Waals surface area contributed by atoms with Crippen molar-refractivity contribution >= 4 is 17.2 Å². The molecule has 0 radical (unpaired) electrons. The van der Waals surface area contributed by atoms with Gasteiger partial charge in [0.05, 0.1) is 0 Å². The van der Waals surface area contributed by atoms with Crippen LogP contribution in [0.3, 0.4) is 0 Å². The second-order valence-electron chi connectivity index (χ2n) is 5.50. The van der Waals surface area contributed by atoms with E-state index in [2.05, 4.69) is 10.3 Å². The van der Waals surface area contributed by atoms with Crippen molar-refractivity contribution in [1.82, 2.24) is 10.3 Å². The molecule has 0 saturated heterocycles. The number of hydrogen-bond acceptors (Lipinski definition) is 3. The van der Waals surface area contributed by atoms with Crippen molar-refractivity contribution in [3.8, 4) is 10.6 Å². The zero-order chi connectivity index (χ0) is 16.2. The Balaban J connectivity index is 1.76. The third-order valence-corrected chi connectivity index (χ3v) is 4.61. The number of nitrogens with zero attached hydrogens (tertiary/aromatic N) is 1. The van der Waals surface area contributed by atoms with Gasteiger partial charge in [0.2, 0.25) is 0 Å².